The average molecular weight is 461 g/mol. The normalized spacial score (nSPS) is 14.0. The summed E-state index contributed by atoms with van der Waals surface area (Å²) >= 11 is 0. The van der Waals surface area contributed by atoms with Crippen molar-refractivity contribution in [3.63, 3.8) is 0 Å². The molecule has 6 heteroatoms. The average Bonchev–Trinajstić information content (AvgIpc) is 3.19. The van der Waals surface area contributed by atoms with Crippen LogP contribution in [0.1, 0.15) is 58.0 Å². The summed E-state index contributed by atoms with van der Waals surface area (Å²) in [5, 5.41) is 6.15. The molecule has 0 radical (unpaired) electrons. The van der Waals surface area contributed by atoms with Crippen LogP contribution in [0.4, 0.5) is 0 Å². The minimum Gasteiger partial charge on any atom is -0.262 e. The van der Waals surface area contributed by atoms with Crippen LogP contribution >= 0.6 is 0 Å². The first-order valence-electron chi connectivity index (χ1n) is 11.4. The Kier molecular flexibility index (Phi) is 6.77. The van der Waals surface area contributed by atoms with Gasteiger partial charge in [-0.1, -0.05) is 48.5 Å². The van der Waals surface area contributed by atoms with Crippen molar-refractivity contribution < 1.29 is 4.21 Å². The van der Waals surface area contributed by atoms with Crippen molar-refractivity contribution in [1.82, 2.24) is 19.5 Å². The van der Waals surface area contributed by atoms with E-state index in [1.165, 1.54) is 0 Å². The predicted octanol–water partition coefficient (Wildman–Crippen LogP) is 6.01. The number of nitrogens with one attached hydrogen (secondary N) is 1. The van der Waals surface area contributed by atoms with Crippen molar-refractivity contribution in [1.29, 1.82) is 0 Å². The number of benzene rings is 2. The molecule has 0 bridgehead atoms. The molecular formula is C27H32N4OS. The lowest BCUT2D eigenvalue weighted by Gasteiger charge is -2.26. The minimum atomic E-state index is -1.24. The van der Waals surface area contributed by atoms with Crippen molar-refractivity contribution in [3.05, 3.63) is 84.2 Å². The van der Waals surface area contributed by atoms with Crippen LogP contribution in [0, 0.1) is 0 Å². The Labute approximate surface area is 198 Å². The van der Waals surface area contributed by atoms with E-state index in [4.69, 9.17) is 5.10 Å². The van der Waals surface area contributed by atoms with Crippen LogP contribution in [-0.2, 0) is 17.4 Å². The summed E-state index contributed by atoms with van der Waals surface area (Å²) in [5.41, 5.74) is 5.13. The van der Waals surface area contributed by atoms with Crippen LogP contribution in [-0.4, -0.2) is 23.7 Å². The largest absolute Gasteiger partial charge is 0.262 e. The van der Waals surface area contributed by atoms with Crippen LogP contribution in [0.15, 0.2) is 72.9 Å². The van der Waals surface area contributed by atoms with Gasteiger partial charge in [-0.25, -0.2) is 8.93 Å². The van der Waals surface area contributed by atoms with E-state index < -0.39 is 11.0 Å². The fourth-order valence-corrected chi connectivity index (χ4v) is 4.77. The number of para-hydroxylation sites is 1. The molecular weight excluding hydrogens is 428 g/mol. The summed E-state index contributed by atoms with van der Waals surface area (Å²) < 4.78 is 18.3. The maximum Gasteiger partial charge on any atom is 0.100 e. The molecule has 1 N–H and O–H groups in total. The van der Waals surface area contributed by atoms with Gasteiger partial charge in [0.15, 0.2) is 0 Å². The van der Waals surface area contributed by atoms with Crippen LogP contribution in [0.25, 0.3) is 22.2 Å². The summed E-state index contributed by atoms with van der Waals surface area (Å²) in [4.78, 5) is 4.53. The monoisotopic (exact) mass is 460 g/mol. The van der Waals surface area contributed by atoms with Gasteiger partial charge in [0.2, 0.25) is 0 Å². The topological polar surface area (TPSA) is 59.8 Å². The Morgan fingerprint density at radius 1 is 0.970 bits per heavy atom. The Bertz CT molecular complexity index is 1260. The van der Waals surface area contributed by atoms with Crippen molar-refractivity contribution in [3.8, 4) is 11.3 Å². The molecule has 0 saturated carbocycles. The van der Waals surface area contributed by atoms with Gasteiger partial charge in [-0.15, -0.1) is 0 Å². The molecule has 2 aromatic carbocycles. The van der Waals surface area contributed by atoms with E-state index in [1.54, 1.807) is 6.20 Å². The maximum absolute atomic E-state index is 13.2. The van der Waals surface area contributed by atoms with Gasteiger partial charge < -0.3 is 0 Å². The zero-order valence-corrected chi connectivity index (χ0v) is 20.8. The minimum absolute atomic E-state index is 0.181. The highest BCUT2D eigenvalue weighted by Crippen LogP contribution is 2.35. The zero-order valence-electron chi connectivity index (χ0n) is 19.9. The second kappa shape index (κ2) is 9.57. The quantitative estimate of drug-likeness (QED) is 0.367. The summed E-state index contributed by atoms with van der Waals surface area (Å²) in [7, 11) is -1.24. The van der Waals surface area contributed by atoms with E-state index in [1.807, 2.05) is 51.1 Å². The fourth-order valence-electron chi connectivity index (χ4n) is 3.95. The third kappa shape index (κ3) is 5.07. The molecule has 0 amide bonds. The second-order valence-corrected chi connectivity index (χ2v) is 11.6. The second-order valence-electron chi connectivity index (χ2n) is 9.57. The molecule has 2 unspecified atom stereocenters. The van der Waals surface area contributed by atoms with Gasteiger partial charge in [-0.3, -0.25) is 9.67 Å². The molecule has 172 valence electrons. The van der Waals surface area contributed by atoms with Crippen LogP contribution in [0.3, 0.4) is 0 Å². The Morgan fingerprint density at radius 2 is 1.67 bits per heavy atom. The molecule has 0 aliphatic carbocycles. The van der Waals surface area contributed by atoms with Crippen LogP contribution < -0.4 is 4.72 Å². The van der Waals surface area contributed by atoms with Gasteiger partial charge in [0.05, 0.1) is 27.3 Å². The highest BCUT2D eigenvalue weighted by Gasteiger charge is 2.27. The maximum atomic E-state index is 13.2. The number of pyridine rings is 1. The van der Waals surface area contributed by atoms with Crippen LogP contribution in [0.2, 0.25) is 0 Å². The van der Waals surface area contributed by atoms with Gasteiger partial charge in [-0.2, -0.15) is 5.10 Å². The molecule has 2 aromatic heterocycles. The number of fused-ring (bicyclic) bond motifs is 1. The summed E-state index contributed by atoms with van der Waals surface area (Å²) in [5.74, 6) is 0. The number of hydrogen-bond acceptors (Lipinski definition) is 3. The highest BCUT2D eigenvalue weighted by atomic mass is 32.2. The SMILES string of the molecule is CC(C)n1nc(-c2ccccc2C(Cc2ccccn2)NS(=O)C(C)(C)C)c2ccccc21. The first-order valence-corrected chi connectivity index (χ1v) is 12.5. The molecule has 0 saturated heterocycles. The molecule has 33 heavy (non-hydrogen) atoms. The van der Waals surface area contributed by atoms with Gasteiger partial charge in [0.25, 0.3) is 0 Å². The number of nitrogens with zero attached hydrogens (tertiary/aromatic N) is 3. The van der Waals surface area contributed by atoms with Gasteiger partial charge >= 0.3 is 0 Å². The van der Waals surface area contributed by atoms with Crippen molar-refractivity contribution >= 4 is 21.9 Å². The summed E-state index contributed by atoms with van der Waals surface area (Å²) in [6.45, 7) is 10.2. The van der Waals surface area contributed by atoms with E-state index in [0.29, 0.717) is 6.42 Å². The Hall–Kier alpha value is -2.83. The van der Waals surface area contributed by atoms with Crippen molar-refractivity contribution in [2.45, 2.75) is 57.9 Å². The Balaban J connectivity index is 1.85. The van der Waals surface area contributed by atoms with Gasteiger partial charge in [0, 0.05) is 35.3 Å². The molecule has 0 aliphatic heterocycles. The number of hydrogen-bond donors (Lipinski definition) is 1. The van der Waals surface area contributed by atoms with E-state index in [0.717, 1.165) is 33.4 Å². The lowest BCUT2D eigenvalue weighted by Crippen LogP contribution is -2.36. The first-order chi connectivity index (χ1) is 15.8. The molecule has 4 rings (SSSR count). The smallest absolute Gasteiger partial charge is 0.100 e. The lowest BCUT2D eigenvalue weighted by atomic mass is 9.94. The standard InChI is InChI=1S/C27H32N4OS/c1-19(2)31-25-16-9-8-15-23(25)26(29-31)22-14-7-6-13-21(22)24(30-33(32)27(3,4)5)18-20-12-10-11-17-28-20/h6-17,19,24,30H,18H2,1-5H3. The molecule has 2 heterocycles. The number of rotatable bonds is 7. The predicted molar refractivity (Wildman–Crippen MR) is 137 cm³/mol. The van der Waals surface area contributed by atoms with E-state index in [-0.39, 0.29) is 16.8 Å². The van der Waals surface area contributed by atoms with E-state index in [2.05, 4.69) is 64.6 Å². The summed E-state index contributed by atoms with van der Waals surface area (Å²) in [6.07, 6.45) is 2.43. The first kappa shape index (κ1) is 23.3. The summed E-state index contributed by atoms with van der Waals surface area (Å²) in [6, 6.07) is 22.6. The van der Waals surface area contributed by atoms with E-state index in [9.17, 15) is 4.21 Å². The molecule has 2 atom stereocenters. The van der Waals surface area contributed by atoms with Crippen LogP contribution in [0.5, 0.6) is 0 Å². The van der Waals surface area contributed by atoms with Crippen molar-refractivity contribution in [2.75, 3.05) is 0 Å². The number of aromatic nitrogens is 3. The Morgan fingerprint density at radius 3 is 2.36 bits per heavy atom. The molecule has 0 fully saturated rings. The van der Waals surface area contributed by atoms with Gasteiger partial charge in [-0.05, 0) is 58.4 Å². The third-order valence-corrected chi connectivity index (χ3v) is 7.25. The molecule has 0 aliphatic rings. The van der Waals surface area contributed by atoms with Gasteiger partial charge in [0.1, 0.15) is 5.69 Å². The fraction of sp³-hybridized carbons (Fsp3) is 0.333. The molecule has 5 nitrogen and oxygen atoms in total. The molecule has 4 aromatic rings. The van der Waals surface area contributed by atoms with E-state index >= 15 is 0 Å². The molecule has 0 spiro atoms. The van der Waals surface area contributed by atoms with Crippen molar-refractivity contribution in [2.24, 2.45) is 0 Å². The third-order valence-electron chi connectivity index (χ3n) is 5.64. The zero-order chi connectivity index (χ0) is 23.6. The lowest BCUT2D eigenvalue weighted by molar-refractivity contribution is 0.552. The highest BCUT2D eigenvalue weighted by molar-refractivity contribution is 7.84.